The van der Waals surface area contributed by atoms with Crippen molar-refractivity contribution in [3.63, 3.8) is 0 Å². The first-order valence-electron chi connectivity index (χ1n) is 5.32. The van der Waals surface area contributed by atoms with Crippen molar-refractivity contribution in [3.8, 4) is 0 Å². The molecule has 0 amide bonds. The molecule has 0 aromatic carbocycles. The van der Waals surface area contributed by atoms with Crippen molar-refractivity contribution >= 4 is 29.3 Å². The summed E-state index contributed by atoms with van der Waals surface area (Å²) in [6, 6.07) is 1.59. The molecule has 3 nitrogen and oxygen atoms in total. The highest BCUT2D eigenvalue weighted by atomic mass is 35.5. The summed E-state index contributed by atoms with van der Waals surface area (Å²) < 4.78 is 42.5. The molecule has 0 bridgehead atoms. The van der Waals surface area contributed by atoms with E-state index in [9.17, 15) is 18.0 Å². The third kappa shape index (κ3) is 4.91. The molecule has 0 fully saturated rings. The van der Waals surface area contributed by atoms with Gasteiger partial charge in [-0.1, -0.05) is 23.4 Å². The fourth-order valence-electron chi connectivity index (χ4n) is 1.19. The molecule has 1 aromatic rings. The lowest BCUT2D eigenvalue weighted by molar-refractivity contribution is -0.142. The summed E-state index contributed by atoms with van der Waals surface area (Å²) in [5.41, 5.74) is -0.897. The summed E-state index contributed by atoms with van der Waals surface area (Å²) in [7, 11) is 0. The van der Waals surface area contributed by atoms with Gasteiger partial charge in [0.05, 0.1) is 17.2 Å². The number of hydrogen-bond acceptors (Lipinski definition) is 4. The van der Waals surface area contributed by atoms with Gasteiger partial charge in [0.25, 0.3) is 0 Å². The number of carbonyl (C=O) groups is 1. The van der Waals surface area contributed by atoms with Gasteiger partial charge in [-0.05, 0) is 26.0 Å². The lowest BCUT2D eigenvalue weighted by Gasteiger charge is -2.12. The molecule has 1 heterocycles. The average Bonchev–Trinajstić information content (AvgIpc) is 2.27. The van der Waals surface area contributed by atoms with Crippen molar-refractivity contribution < 1.29 is 22.7 Å². The van der Waals surface area contributed by atoms with Crippen LogP contribution in [0.4, 0.5) is 13.2 Å². The van der Waals surface area contributed by atoms with E-state index < -0.39 is 23.0 Å². The molecule has 0 unspecified atom stereocenters. The van der Waals surface area contributed by atoms with Gasteiger partial charge in [0.2, 0.25) is 0 Å². The number of halogens is 4. The minimum Gasteiger partial charge on any atom is -0.465 e. The van der Waals surface area contributed by atoms with Crippen LogP contribution in [-0.4, -0.2) is 22.8 Å². The Balaban J connectivity index is 2.90. The summed E-state index contributed by atoms with van der Waals surface area (Å²) >= 11 is 6.41. The quantitative estimate of drug-likeness (QED) is 0.481. The van der Waals surface area contributed by atoms with E-state index in [0.717, 1.165) is 23.9 Å². The number of ether oxygens (including phenoxy) is 1. The smallest absolute Gasteiger partial charge is 0.416 e. The molecule has 1 atom stereocenters. The largest absolute Gasteiger partial charge is 0.465 e. The predicted molar refractivity (Wildman–Crippen MR) is 66.2 cm³/mol. The third-order valence-corrected chi connectivity index (χ3v) is 3.20. The molecule has 0 aliphatic rings. The molecule has 8 heteroatoms. The minimum atomic E-state index is -4.50. The van der Waals surface area contributed by atoms with Crippen LogP contribution in [0.3, 0.4) is 0 Å². The summed E-state index contributed by atoms with van der Waals surface area (Å²) in [4.78, 5) is 15.1. The topological polar surface area (TPSA) is 39.2 Å². The predicted octanol–water partition coefficient (Wildman–Crippen LogP) is 3.80. The fourth-order valence-corrected chi connectivity index (χ4v) is 2.32. The summed E-state index contributed by atoms with van der Waals surface area (Å²) in [6.45, 7) is 3.38. The average molecular weight is 314 g/mol. The Hall–Kier alpha value is -0.950. The van der Waals surface area contributed by atoms with Gasteiger partial charge in [-0.15, -0.1) is 0 Å². The van der Waals surface area contributed by atoms with Crippen LogP contribution < -0.4 is 0 Å². The minimum absolute atomic E-state index is 0.0281. The lowest BCUT2D eigenvalue weighted by Crippen LogP contribution is -2.17. The van der Waals surface area contributed by atoms with Crippen LogP contribution in [0.5, 0.6) is 0 Å². The molecule has 1 aromatic heterocycles. The Morgan fingerprint density at radius 2 is 2.16 bits per heavy atom. The van der Waals surface area contributed by atoms with Crippen molar-refractivity contribution in [2.75, 3.05) is 6.61 Å². The molecular weight excluding hydrogens is 303 g/mol. The Bertz CT molecular complexity index is 468. The lowest BCUT2D eigenvalue weighted by atomic mass is 10.3. The second kappa shape index (κ2) is 6.47. The first-order valence-corrected chi connectivity index (χ1v) is 6.58. The second-order valence-corrected chi connectivity index (χ2v) is 5.28. The molecular formula is C11H11ClF3NO2S. The highest BCUT2D eigenvalue weighted by molar-refractivity contribution is 8.00. The van der Waals surface area contributed by atoms with Crippen LogP contribution in [-0.2, 0) is 15.7 Å². The van der Waals surface area contributed by atoms with Gasteiger partial charge in [0.1, 0.15) is 10.4 Å². The van der Waals surface area contributed by atoms with Crippen molar-refractivity contribution in [2.24, 2.45) is 0 Å². The van der Waals surface area contributed by atoms with E-state index in [1.807, 2.05) is 0 Å². The number of esters is 1. The molecule has 0 aliphatic carbocycles. The van der Waals surface area contributed by atoms with Crippen LogP contribution in [0.2, 0.25) is 5.15 Å². The number of pyridine rings is 1. The zero-order valence-corrected chi connectivity index (χ0v) is 11.7. The van der Waals surface area contributed by atoms with E-state index in [0.29, 0.717) is 0 Å². The van der Waals surface area contributed by atoms with E-state index in [-0.39, 0.29) is 16.8 Å². The molecule has 0 radical (unpaired) electrons. The van der Waals surface area contributed by atoms with E-state index in [1.165, 1.54) is 6.92 Å². The van der Waals surface area contributed by atoms with E-state index in [2.05, 4.69) is 4.98 Å². The summed E-state index contributed by atoms with van der Waals surface area (Å²) in [5, 5.41) is -0.902. The van der Waals surface area contributed by atoms with E-state index in [4.69, 9.17) is 16.3 Å². The van der Waals surface area contributed by atoms with Gasteiger partial charge in [0.15, 0.2) is 0 Å². The summed E-state index contributed by atoms with van der Waals surface area (Å²) in [6.07, 6.45) is -4.50. The number of alkyl halides is 3. The van der Waals surface area contributed by atoms with Gasteiger partial charge < -0.3 is 4.74 Å². The SMILES string of the molecule is CCOC(=O)[C@@H](C)Sc1cc(C(F)(F)F)cc(Cl)n1. The third-order valence-electron chi connectivity index (χ3n) is 2.01. The van der Waals surface area contributed by atoms with Crippen molar-refractivity contribution in [3.05, 3.63) is 22.8 Å². The van der Waals surface area contributed by atoms with Crippen LogP contribution in [0, 0.1) is 0 Å². The monoisotopic (exact) mass is 313 g/mol. The molecule has 1 rings (SSSR count). The van der Waals surface area contributed by atoms with Crippen molar-refractivity contribution in [2.45, 2.75) is 30.3 Å². The number of thioether (sulfide) groups is 1. The van der Waals surface area contributed by atoms with Gasteiger partial charge in [-0.25, -0.2) is 4.98 Å². The Morgan fingerprint density at radius 1 is 1.53 bits per heavy atom. The van der Waals surface area contributed by atoms with Gasteiger partial charge in [-0.3, -0.25) is 4.79 Å². The Morgan fingerprint density at radius 3 is 2.68 bits per heavy atom. The van der Waals surface area contributed by atoms with Crippen molar-refractivity contribution in [1.82, 2.24) is 4.98 Å². The van der Waals surface area contributed by atoms with Gasteiger partial charge in [-0.2, -0.15) is 13.2 Å². The first kappa shape index (κ1) is 16.1. The number of carbonyl (C=O) groups excluding carboxylic acids is 1. The van der Waals surface area contributed by atoms with Crippen LogP contribution in [0.15, 0.2) is 17.2 Å². The Labute approximate surface area is 117 Å². The molecule has 0 saturated carbocycles. The highest BCUT2D eigenvalue weighted by Gasteiger charge is 2.32. The van der Waals surface area contributed by atoms with E-state index >= 15 is 0 Å². The first-order chi connectivity index (χ1) is 8.74. The van der Waals surface area contributed by atoms with E-state index in [1.54, 1.807) is 6.92 Å². The van der Waals surface area contributed by atoms with Gasteiger partial charge in [0, 0.05) is 0 Å². The van der Waals surface area contributed by atoms with Crippen LogP contribution in [0.1, 0.15) is 19.4 Å². The zero-order chi connectivity index (χ0) is 14.6. The standard InChI is InChI=1S/C11H11ClF3NO2S/c1-3-18-10(17)6(2)19-9-5-7(11(13,14)15)4-8(12)16-9/h4-6H,3H2,1-2H3/t6-/m1/s1. The molecule has 0 spiro atoms. The number of hydrogen-bond donors (Lipinski definition) is 0. The zero-order valence-electron chi connectivity index (χ0n) is 10.1. The van der Waals surface area contributed by atoms with Crippen molar-refractivity contribution in [1.29, 1.82) is 0 Å². The maximum atomic E-state index is 12.6. The van der Waals surface area contributed by atoms with Crippen LogP contribution >= 0.6 is 23.4 Å². The molecule has 0 N–H and O–H groups in total. The number of aromatic nitrogens is 1. The molecule has 0 aliphatic heterocycles. The second-order valence-electron chi connectivity index (χ2n) is 3.53. The number of nitrogens with zero attached hydrogens (tertiary/aromatic N) is 1. The van der Waals surface area contributed by atoms with Gasteiger partial charge >= 0.3 is 12.1 Å². The van der Waals surface area contributed by atoms with Crippen LogP contribution in [0.25, 0.3) is 0 Å². The maximum absolute atomic E-state index is 12.6. The molecule has 106 valence electrons. The molecule has 0 saturated heterocycles. The number of rotatable bonds is 4. The fraction of sp³-hybridized carbons (Fsp3) is 0.455. The summed E-state index contributed by atoms with van der Waals surface area (Å²) in [5.74, 6) is -0.511. The Kier molecular flexibility index (Phi) is 5.49. The highest BCUT2D eigenvalue weighted by Crippen LogP contribution is 2.34. The maximum Gasteiger partial charge on any atom is 0.416 e. The normalized spacial score (nSPS) is 13.2. The molecule has 19 heavy (non-hydrogen) atoms.